The van der Waals surface area contributed by atoms with E-state index >= 15 is 0 Å². The summed E-state index contributed by atoms with van der Waals surface area (Å²) in [5, 5.41) is 19.3. The number of carboxylic acids is 2. The molecule has 0 unspecified atom stereocenters. The molecule has 1 aromatic heterocycles. The van der Waals surface area contributed by atoms with E-state index in [1.54, 1.807) is 24.3 Å². The largest absolute Gasteiger partial charge is 0.481 e. The zero-order valence-electron chi connectivity index (χ0n) is 13.7. The van der Waals surface area contributed by atoms with Crippen molar-refractivity contribution in [3.63, 3.8) is 0 Å². The quantitative estimate of drug-likeness (QED) is 0.738. The Kier molecular flexibility index (Phi) is 4.48. The molecule has 0 radical (unpaired) electrons. The molecule has 2 aromatic carbocycles. The summed E-state index contributed by atoms with van der Waals surface area (Å²) < 4.78 is 0. The highest BCUT2D eigenvalue weighted by Gasteiger charge is 2.21. The maximum absolute atomic E-state index is 11.9. The number of para-hydroxylation sites is 1. The fraction of sp³-hybridized carbons (Fsp3) is 0.150. The van der Waals surface area contributed by atoms with Gasteiger partial charge in [0.2, 0.25) is 0 Å². The van der Waals surface area contributed by atoms with Crippen molar-refractivity contribution in [3.8, 4) is 11.3 Å². The molecule has 3 aromatic rings. The number of pyridine rings is 1. The molecule has 5 nitrogen and oxygen atoms in total. The standard InChI is InChI=1S/C20H17NO4/c1-12-6-8-13(9-7-12)19-15(10-11-17(22)23)18(20(24)25)14-4-2-3-5-16(14)21-19/h2-9H,10-11H2,1H3,(H,22,23)(H,24,25). The summed E-state index contributed by atoms with van der Waals surface area (Å²) in [5.74, 6) is -2.05. The Bertz CT molecular complexity index is 961. The van der Waals surface area contributed by atoms with Crippen LogP contribution < -0.4 is 0 Å². The number of hydrogen-bond donors (Lipinski definition) is 2. The number of hydrogen-bond acceptors (Lipinski definition) is 3. The first-order chi connectivity index (χ1) is 12.0. The maximum atomic E-state index is 11.9. The summed E-state index contributed by atoms with van der Waals surface area (Å²) in [6.45, 7) is 1.96. The molecule has 0 aliphatic heterocycles. The second kappa shape index (κ2) is 6.73. The summed E-state index contributed by atoms with van der Waals surface area (Å²) in [7, 11) is 0. The predicted octanol–water partition coefficient (Wildman–Crippen LogP) is 3.93. The molecule has 3 rings (SSSR count). The molecule has 0 saturated carbocycles. The first kappa shape index (κ1) is 16.6. The van der Waals surface area contributed by atoms with Crippen molar-refractivity contribution in [1.29, 1.82) is 0 Å². The maximum Gasteiger partial charge on any atom is 0.336 e. The highest BCUT2D eigenvalue weighted by molar-refractivity contribution is 6.05. The van der Waals surface area contributed by atoms with Crippen LogP contribution in [-0.2, 0) is 11.2 Å². The van der Waals surface area contributed by atoms with Gasteiger partial charge in [0, 0.05) is 17.4 Å². The van der Waals surface area contributed by atoms with Crippen molar-refractivity contribution in [2.24, 2.45) is 0 Å². The van der Waals surface area contributed by atoms with E-state index in [0.717, 1.165) is 11.1 Å². The Morgan fingerprint density at radius 1 is 1.00 bits per heavy atom. The molecule has 2 N–H and O–H groups in total. The van der Waals surface area contributed by atoms with Crippen LogP contribution in [0.4, 0.5) is 0 Å². The van der Waals surface area contributed by atoms with Crippen LogP contribution in [-0.4, -0.2) is 27.1 Å². The molecule has 0 amide bonds. The van der Waals surface area contributed by atoms with Gasteiger partial charge in [0.05, 0.1) is 16.8 Å². The molecule has 0 saturated heterocycles. The number of aryl methyl sites for hydroxylation is 1. The minimum atomic E-state index is -1.08. The van der Waals surface area contributed by atoms with Crippen molar-refractivity contribution >= 4 is 22.8 Å². The third-order valence-corrected chi connectivity index (χ3v) is 4.12. The van der Waals surface area contributed by atoms with Crippen LogP contribution in [0, 0.1) is 6.92 Å². The van der Waals surface area contributed by atoms with E-state index in [1.165, 1.54) is 0 Å². The summed E-state index contributed by atoms with van der Waals surface area (Å²) in [4.78, 5) is 27.6. The number of benzene rings is 2. The number of nitrogens with zero attached hydrogens (tertiary/aromatic N) is 1. The normalized spacial score (nSPS) is 10.8. The average molecular weight is 335 g/mol. The molecular formula is C20H17NO4. The number of fused-ring (bicyclic) bond motifs is 1. The molecule has 0 spiro atoms. The Hall–Kier alpha value is -3.21. The molecule has 25 heavy (non-hydrogen) atoms. The first-order valence-electron chi connectivity index (χ1n) is 7.91. The second-order valence-corrected chi connectivity index (χ2v) is 5.90. The van der Waals surface area contributed by atoms with Gasteiger partial charge in [-0.25, -0.2) is 9.78 Å². The van der Waals surface area contributed by atoms with Gasteiger partial charge < -0.3 is 10.2 Å². The Labute approximate surface area is 144 Å². The fourth-order valence-corrected chi connectivity index (χ4v) is 2.92. The lowest BCUT2D eigenvalue weighted by Crippen LogP contribution is -2.10. The molecule has 5 heteroatoms. The lowest BCUT2D eigenvalue weighted by Gasteiger charge is -2.15. The molecule has 1 heterocycles. The van der Waals surface area contributed by atoms with Crippen molar-refractivity contribution in [1.82, 2.24) is 4.98 Å². The van der Waals surface area contributed by atoms with Gasteiger partial charge in [-0.1, -0.05) is 48.0 Å². The third-order valence-electron chi connectivity index (χ3n) is 4.12. The van der Waals surface area contributed by atoms with E-state index in [0.29, 0.717) is 22.2 Å². The lowest BCUT2D eigenvalue weighted by atomic mass is 9.93. The van der Waals surface area contributed by atoms with Gasteiger partial charge >= 0.3 is 11.9 Å². The molecule has 126 valence electrons. The van der Waals surface area contributed by atoms with Crippen molar-refractivity contribution in [3.05, 3.63) is 65.2 Å². The minimum absolute atomic E-state index is 0.109. The van der Waals surface area contributed by atoms with Crippen molar-refractivity contribution < 1.29 is 19.8 Å². The SMILES string of the molecule is Cc1ccc(-c2nc3ccccc3c(C(=O)O)c2CCC(=O)O)cc1. The van der Waals surface area contributed by atoms with E-state index in [1.807, 2.05) is 31.2 Å². The van der Waals surface area contributed by atoms with Gasteiger partial charge in [-0.15, -0.1) is 0 Å². The highest BCUT2D eigenvalue weighted by Crippen LogP contribution is 2.31. The third kappa shape index (κ3) is 3.35. The highest BCUT2D eigenvalue weighted by atomic mass is 16.4. The fourth-order valence-electron chi connectivity index (χ4n) is 2.92. The monoisotopic (exact) mass is 335 g/mol. The van der Waals surface area contributed by atoms with Crippen LogP contribution in [0.3, 0.4) is 0 Å². The van der Waals surface area contributed by atoms with E-state index in [9.17, 15) is 14.7 Å². The Morgan fingerprint density at radius 3 is 2.32 bits per heavy atom. The van der Waals surface area contributed by atoms with Gasteiger partial charge in [0.15, 0.2) is 0 Å². The first-order valence-corrected chi connectivity index (χ1v) is 7.91. The van der Waals surface area contributed by atoms with Crippen LogP contribution in [0.25, 0.3) is 22.2 Å². The topological polar surface area (TPSA) is 87.5 Å². The predicted molar refractivity (Wildman–Crippen MR) is 94.8 cm³/mol. The number of carbonyl (C=O) groups is 2. The van der Waals surface area contributed by atoms with Crippen LogP contribution in [0.1, 0.15) is 27.9 Å². The Balaban J connectivity index is 2.32. The molecule has 0 bridgehead atoms. The summed E-state index contributed by atoms with van der Waals surface area (Å²) >= 11 is 0. The van der Waals surface area contributed by atoms with Crippen LogP contribution in [0.5, 0.6) is 0 Å². The van der Waals surface area contributed by atoms with E-state index < -0.39 is 11.9 Å². The average Bonchev–Trinajstić information content (AvgIpc) is 2.59. The zero-order valence-corrected chi connectivity index (χ0v) is 13.7. The summed E-state index contributed by atoms with van der Waals surface area (Å²) in [6.07, 6.45) is -0.0445. The zero-order chi connectivity index (χ0) is 18.0. The lowest BCUT2D eigenvalue weighted by molar-refractivity contribution is -0.136. The molecular weight excluding hydrogens is 318 g/mol. The van der Waals surface area contributed by atoms with Crippen molar-refractivity contribution in [2.45, 2.75) is 19.8 Å². The van der Waals surface area contributed by atoms with E-state index in [-0.39, 0.29) is 18.4 Å². The number of aliphatic carboxylic acids is 1. The van der Waals surface area contributed by atoms with Crippen LogP contribution in [0.15, 0.2) is 48.5 Å². The number of aromatic carboxylic acids is 1. The van der Waals surface area contributed by atoms with Gasteiger partial charge in [0.1, 0.15) is 0 Å². The summed E-state index contributed by atoms with van der Waals surface area (Å²) in [6, 6.07) is 14.6. The van der Waals surface area contributed by atoms with Crippen LogP contribution >= 0.6 is 0 Å². The minimum Gasteiger partial charge on any atom is -0.481 e. The molecule has 0 atom stereocenters. The van der Waals surface area contributed by atoms with E-state index in [4.69, 9.17) is 5.11 Å². The smallest absolute Gasteiger partial charge is 0.336 e. The van der Waals surface area contributed by atoms with E-state index in [2.05, 4.69) is 4.98 Å². The van der Waals surface area contributed by atoms with Gasteiger partial charge in [0.25, 0.3) is 0 Å². The number of carboxylic acid groups (broad SMARTS) is 2. The summed E-state index contributed by atoms with van der Waals surface area (Å²) in [5.41, 5.74) is 3.54. The van der Waals surface area contributed by atoms with Gasteiger partial charge in [-0.2, -0.15) is 0 Å². The van der Waals surface area contributed by atoms with Crippen LogP contribution in [0.2, 0.25) is 0 Å². The molecule has 0 fully saturated rings. The second-order valence-electron chi connectivity index (χ2n) is 5.90. The van der Waals surface area contributed by atoms with Gasteiger partial charge in [-0.05, 0) is 25.0 Å². The Morgan fingerprint density at radius 2 is 1.68 bits per heavy atom. The van der Waals surface area contributed by atoms with Gasteiger partial charge in [-0.3, -0.25) is 4.79 Å². The number of rotatable bonds is 5. The molecule has 0 aliphatic rings. The molecule has 0 aliphatic carbocycles. The number of aromatic nitrogens is 1. The van der Waals surface area contributed by atoms with Crippen molar-refractivity contribution in [2.75, 3.05) is 0 Å².